The number of hydrogen-bond acceptors (Lipinski definition) is 6. The molecule has 8 heteroatoms. The molecule has 0 spiro atoms. The quantitative estimate of drug-likeness (QED) is 0.768. The minimum absolute atomic E-state index is 0.231. The van der Waals surface area contributed by atoms with Crippen LogP contribution in [0, 0.1) is 13.8 Å². The Balaban J connectivity index is 1.70. The van der Waals surface area contributed by atoms with Crippen LogP contribution in [0.2, 0.25) is 0 Å². The Bertz CT molecular complexity index is 869. The van der Waals surface area contributed by atoms with Crippen LogP contribution in [-0.2, 0) is 10.0 Å². The summed E-state index contributed by atoms with van der Waals surface area (Å²) in [7, 11) is -3.56. The molecule has 7 nitrogen and oxygen atoms in total. The molecule has 0 saturated carbocycles. The molecule has 1 fully saturated rings. The van der Waals surface area contributed by atoms with Crippen molar-refractivity contribution in [3.05, 3.63) is 41.6 Å². The zero-order valence-electron chi connectivity index (χ0n) is 15.2. The number of rotatable bonds is 6. The normalized spacial score (nSPS) is 18.0. The van der Waals surface area contributed by atoms with E-state index in [2.05, 4.69) is 10.2 Å². The summed E-state index contributed by atoms with van der Waals surface area (Å²) in [6.45, 7) is 6.84. The standard InChI is InChI=1S/C18H23N3O4S/c1-4-24-17-7-6-16(11-13(17)2)26(22,23)21-10-9-15(12-21)25-18-8-5-14(3)19-20-18/h5-8,11,15H,4,9-10,12H2,1-3H3. The highest BCUT2D eigenvalue weighted by molar-refractivity contribution is 7.89. The fourth-order valence-electron chi connectivity index (χ4n) is 2.88. The van der Waals surface area contributed by atoms with E-state index in [4.69, 9.17) is 9.47 Å². The van der Waals surface area contributed by atoms with E-state index in [0.717, 1.165) is 11.3 Å². The summed E-state index contributed by atoms with van der Waals surface area (Å²) in [5.74, 6) is 1.11. The maximum absolute atomic E-state index is 12.9. The van der Waals surface area contributed by atoms with Crippen LogP contribution in [0.1, 0.15) is 24.6 Å². The first-order valence-electron chi connectivity index (χ1n) is 8.60. The molecule has 0 aliphatic carbocycles. The number of aryl methyl sites for hydroxylation is 2. The summed E-state index contributed by atoms with van der Waals surface area (Å²) in [6, 6.07) is 8.51. The van der Waals surface area contributed by atoms with Crippen LogP contribution in [0.3, 0.4) is 0 Å². The van der Waals surface area contributed by atoms with Gasteiger partial charge >= 0.3 is 0 Å². The summed E-state index contributed by atoms with van der Waals surface area (Å²) < 4.78 is 38.5. The molecule has 1 saturated heterocycles. The predicted octanol–water partition coefficient (Wildman–Crippen LogP) is 2.33. The molecule has 1 aromatic heterocycles. The Kier molecular flexibility index (Phi) is 5.43. The number of ether oxygens (including phenoxy) is 2. The lowest BCUT2D eigenvalue weighted by Gasteiger charge is -2.18. The van der Waals surface area contributed by atoms with Crippen molar-refractivity contribution >= 4 is 10.0 Å². The predicted molar refractivity (Wildman–Crippen MR) is 96.9 cm³/mol. The van der Waals surface area contributed by atoms with E-state index >= 15 is 0 Å². The minimum Gasteiger partial charge on any atom is -0.494 e. The van der Waals surface area contributed by atoms with Gasteiger partial charge in [0.05, 0.1) is 23.7 Å². The molecule has 0 radical (unpaired) electrons. The van der Waals surface area contributed by atoms with E-state index in [0.29, 0.717) is 37.7 Å². The van der Waals surface area contributed by atoms with Crippen LogP contribution in [0.25, 0.3) is 0 Å². The van der Waals surface area contributed by atoms with Crippen molar-refractivity contribution < 1.29 is 17.9 Å². The van der Waals surface area contributed by atoms with Crippen LogP contribution >= 0.6 is 0 Å². The van der Waals surface area contributed by atoms with Gasteiger partial charge in [-0.15, -0.1) is 5.10 Å². The average molecular weight is 377 g/mol. The second-order valence-corrected chi connectivity index (χ2v) is 8.20. The van der Waals surface area contributed by atoms with Gasteiger partial charge in [0.2, 0.25) is 15.9 Å². The molecule has 1 aliphatic rings. The first-order valence-corrected chi connectivity index (χ1v) is 10.0. The molecule has 1 aromatic carbocycles. The summed E-state index contributed by atoms with van der Waals surface area (Å²) in [4.78, 5) is 0.272. The molecule has 140 valence electrons. The summed E-state index contributed by atoms with van der Waals surface area (Å²) in [5, 5.41) is 7.92. The van der Waals surface area contributed by atoms with Crippen molar-refractivity contribution in [1.82, 2.24) is 14.5 Å². The van der Waals surface area contributed by atoms with Gasteiger partial charge in [-0.2, -0.15) is 9.40 Å². The van der Waals surface area contributed by atoms with E-state index in [9.17, 15) is 8.42 Å². The fourth-order valence-corrected chi connectivity index (χ4v) is 4.45. The average Bonchev–Trinajstić information content (AvgIpc) is 3.08. The Morgan fingerprint density at radius 3 is 2.65 bits per heavy atom. The third-order valence-electron chi connectivity index (χ3n) is 4.25. The van der Waals surface area contributed by atoms with Crippen LogP contribution in [-0.4, -0.2) is 48.7 Å². The van der Waals surface area contributed by atoms with E-state index in [1.54, 1.807) is 24.3 Å². The lowest BCUT2D eigenvalue weighted by atomic mass is 10.2. The highest BCUT2D eigenvalue weighted by Gasteiger charge is 2.34. The van der Waals surface area contributed by atoms with E-state index in [1.807, 2.05) is 26.8 Å². The number of sulfonamides is 1. The zero-order chi connectivity index (χ0) is 18.7. The lowest BCUT2D eigenvalue weighted by Crippen LogP contribution is -2.31. The SMILES string of the molecule is CCOc1ccc(S(=O)(=O)N2CCC(Oc3ccc(C)nn3)C2)cc1C. The molecule has 3 rings (SSSR count). The van der Waals surface area contributed by atoms with Gasteiger partial charge in [-0.1, -0.05) is 0 Å². The molecule has 1 atom stereocenters. The summed E-state index contributed by atoms with van der Waals surface area (Å²) in [5.41, 5.74) is 1.61. The monoisotopic (exact) mass is 377 g/mol. The number of benzene rings is 1. The molecule has 0 N–H and O–H groups in total. The number of nitrogens with zero attached hydrogens (tertiary/aromatic N) is 3. The lowest BCUT2D eigenvalue weighted by molar-refractivity contribution is 0.204. The van der Waals surface area contributed by atoms with Crippen LogP contribution in [0.15, 0.2) is 35.2 Å². The van der Waals surface area contributed by atoms with E-state index in [1.165, 1.54) is 4.31 Å². The van der Waals surface area contributed by atoms with E-state index in [-0.39, 0.29) is 11.0 Å². The molecule has 2 aromatic rings. The molecule has 2 heterocycles. The Morgan fingerprint density at radius 1 is 1.19 bits per heavy atom. The van der Waals surface area contributed by atoms with Gasteiger partial charge in [-0.25, -0.2) is 8.42 Å². The molecule has 1 unspecified atom stereocenters. The van der Waals surface area contributed by atoms with E-state index < -0.39 is 10.0 Å². The minimum atomic E-state index is -3.56. The van der Waals surface area contributed by atoms with Crippen LogP contribution < -0.4 is 9.47 Å². The van der Waals surface area contributed by atoms with Gasteiger partial charge in [-0.05, 0) is 57.0 Å². The van der Waals surface area contributed by atoms with Gasteiger partial charge in [0.25, 0.3) is 0 Å². The number of hydrogen-bond donors (Lipinski definition) is 0. The van der Waals surface area contributed by atoms with Crippen LogP contribution in [0.4, 0.5) is 0 Å². The van der Waals surface area contributed by atoms with Gasteiger partial charge in [0, 0.05) is 12.6 Å². The zero-order valence-corrected chi connectivity index (χ0v) is 16.0. The summed E-state index contributed by atoms with van der Waals surface area (Å²) >= 11 is 0. The Labute approximate surface area is 154 Å². The topological polar surface area (TPSA) is 81.6 Å². The Morgan fingerprint density at radius 2 is 2.00 bits per heavy atom. The third-order valence-corrected chi connectivity index (χ3v) is 6.11. The third kappa shape index (κ3) is 3.96. The highest BCUT2D eigenvalue weighted by Crippen LogP contribution is 2.27. The second-order valence-electron chi connectivity index (χ2n) is 6.26. The van der Waals surface area contributed by atoms with Crippen molar-refractivity contribution in [2.45, 2.75) is 38.2 Å². The molecule has 26 heavy (non-hydrogen) atoms. The molecule has 0 bridgehead atoms. The van der Waals surface area contributed by atoms with Crippen molar-refractivity contribution in [1.29, 1.82) is 0 Å². The van der Waals surface area contributed by atoms with Gasteiger partial charge in [-0.3, -0.25) is 0 Å². The fraction of sp³-hybridized carbons (Fsp3) is 0.444. The Hall–Kier alpha value is -2.19. The molecule has 0 amide bonds. The van der Waals surface area contributed by atoms with Gasteiger partial charge < -0.3 is 9.47 Å². The second kappa shape index (κ2) is 7.59. The van der Waals surface area contributed by atoms with Gasteiger partial charge in [0.15, 0.2) is 0 Å². The van der Waals surface area contributed by atoms with Gasteiger partial charge in [0.1, 0.15) is 11.9 Å². The molecular weight excluding hydrogens is 354 g/mol. The first kappa shape index (κ1) is 18.6. The maximum atomic E-state index is 12.9. The van der Waals surface area contributed by atoms with Crippen molar-refractivity contribution in [3.8, 4) is 11.6 Å². The molecule has 1 aliphatic heterocycles. The van der Waals surface area contributed by atoms with Crippen molar-refractivity contribution in [3.63, 3.8) is 0 Å². The van der Waals surface area contributed by atoms with Crippen LogP contribution in [0.5, 0.6) is 11.6 Å². The largest absolute Gasteiger partial charge is 0.494 e. The highest BCUT2D eigenvalue weighted by atomic mass is 32.2. The summed E-state index contributed by atoms with van der Waals surface area (Å²) in [6.07, 6.45) is 0.385. The first-order chi connectivity index (χ1) is 12.4. The smallest absolute Gasteiger partial charge is 0.243 e. The molecular formula is C18H23N3O4S. The van der Waals surface area contributed by atoms with Crippen molar-refractivity contribution in [2.24, 2.45) is 0 Å². The maximum Gasteiger partial charge on any atom is 0.243 e. The number of aromatic nitrogens is 2. The van der Waals surface area contributed by atoms with Crippen molar-refractivity contribution in [2.75, 3.05) is 19.7 Å².